The lowest BCUT2D eigenvalue weighted by Crippen LogP contribution is -3.00. The maximum Gasteiger partial charge on any atom is 0.243 e. The molecule has 0 spiro atoms. The maximum atomic E-state index is 6.92. The number of aryl methyl sites for hydroxylation is 2. The molecule has 2 heterocycles. The number of anilines is 2. The van der Waals surface area contributed by atoms with Crippen LogP contribution in [0.2, 0.25) is 25.2 Å². The van der Waals surface area contributed by atoms with Crippen LogP contribution in [0.1, 0.15) is 57.2 Å². The second-order valence-electron chi connectivity index (χ2n) is 12.4. The first-order valence-electron chi connectivity index (χ1n) is 13.1. The first-order valence-corrected chi connectivity index (χ1v) is 17.9. The number of nitrogens with two attached hydrogens (primary N) is 1. The van der Waals surface area contributed by atoms with Gasteiger partial charge in [-0.3, -0.25) is 0 Å². The number of rotatable bonds is 10. The lowest BCUT2D eigenvalue weighted by atomic mass is 9.79. The Hall–Kier alpha value is -1.29. The van der Waals surface area contributed by atoms with Gasteiger partial charge in [0.15, 0.2) is 0 Å². The number of nitrogens with zero attached hydrogens (tertiary/aromatic N) is 3. The Kier molecular flexibility index (Phi) is 10.1. The number of nitrogen functional groups attached to an aromatic ring is 1. The molecule has 3 rings (SSSR count). The van der Waals surface area contributed by atoms with Crippen molar-refractivity contribution in [1.29, 1.82) is 0 Å². The summed E-state index contributed by atoms with van der Waals surface area (Å²) in [5.74, 6) is 0. The summed E-state index contributed by atoms with van der Waals surface area (Å²) in [6, 6.07) is 4.81. The van der Waals surface area contributed by atoms with Crippen molar-refractivity contribution in [2.75, 3.05) is 30.3 Å². The summed E-state index contributed by atoms with van der Waals surface area (Å²) >= 11 is 0. The largest absolute Gasteiger partial charge is 1.00 e. The number of benzene rings is 1. The number of hydrogen-bond donors (Lipinski definition) is 1. The van der Waals surface area contributed by atoms with E-state index in [4.69, 9.17) is 10.5 Å². The number of aromatic nitrogens is 2. The molecule has 3 unspecified atom stereocenters. The van der Waals surface area contributed by atoms with E-state index in [0.29, 0.717) is 17.2 Å². The second kappa shape index (κ2) is 11.8. The Morgan fingerprint density at radius 3 is 2.51 bits per heavy atom. The highest BCUT2D eigenvalue weighted by Crippen LogP contribution is 2.44. The van der Waals surface area contributed by atoms with E-state index in [1.165, 1.54) is 16.8 Å². The third-order valence-electron chi connectivity index (χ3n) is 8.35. The molecule has 1 aromatic heterocycles. The van der Waals surface area contributed by atoms with E-state index in [2.05, 4.69) is 99.3 Å². The van der Waals surface area contributed by atoms with Gasteiger partial charge in [-0.15, -0.1) is 0 Å². The van der Waals surface area contributed by atoms with Gasteiger partial charge in [-0.2, -0.15) is 0 Å². The Morgan fingerprint density at radius 2 is 1.94 bits per heavy atom. The minimum absolute atomic E-state index is 0. The summed E-state index contributed by atoms with van der Waals surface area (Å²) < 4.78 is 10.6. The highest BCUT2D eigenvalue weighted by Gasteiger charge is 2.33. The minimum Gasteiger partial charge on any atom is -1.00 e. The Balaban J connectivity index is 0.00000432. The summed E-state index contributed by atoms with van der Waals surface area (Å²) in [6.07, 6.45) is 8.77. The molecule has 1 saturated heterocycles. The third kappa shape index (κ3) is 7.15. The summed E-state index contributed by atoms with van der Waals surface area (Å²) in [7, 11) is 1.83. The summed E-state index contributed by atoms with van der Waals surface area (Å²) in [5.41, 5.74) is 13.3. The zero-order chi connectivity index (χ0) is 25.3. The van der Waals surface area contributed by atoms with Crippen molar-refractivity contribution < 1.29 is 21.7 Å². The number of hydrogen-bond acceptors (Lipinski definition) is 3. The van der Waals surface area contributed by atoms with Crippen molar-refractivity contribution >= 4 is 29.7 Å². The predicted octanol–water partition coefficient (Wildman–Crippen LogP) is 1.02. The van der Waals surface area contributed by atoms with Gasteiger partial charge in [0.2, 0.25) is 6.33 Å². The molecule has 2 N–H and O–H groups in total. The third-order valence-corrected chi connectivity index (χ3v) is 12.7. The second-order valence-corrected chi connectivity index (χ2v) is 19.7. The van der Waals surface area contributed by atoms with Crippen LogP contribution < -0.4 is 27.6 Å². The topological polar surface area (TPSA) is 47.3 Å². The van der Waals surface area contributed by atoms with E-state index >= 15 is 0 Å². The molecule has 2 aromatic rings. The summed E-state index contributed by atoms with van der Waals surface area (Å²) in [4.78, 5) is 2.54. The van der Waals surface area contributed by atoms with Crippen LogP contribution in [0.25, 0.3) is 0 Å². The molecule has 0 aliphatic carbocycles. The molecule has 0 bridgehead atoms. The highest BCUT2D eigenvalue weighted by atomic mass is 35.5. The van der Waals surface area contributed by atoms with E-state index in [1.807, 2.05) is 0 Å². The molecule has 0 saturated carbocycles. The molecule has 0 amide bonds. The van der Waals surface area contributed by atoms with Gasteiger partial charge in [0.05, 0.1) is 34.4 Å². The SMILES string of the molecule is CC([SiH3])C(C)(C)c1cc(N2CCC(OCCCn3cc[n+](C)c3)C2)cc(C(C)[Si](C)(C)C)c1N.[Cl-]. The number of ether oxygens (including phenoxy) is 1. The monoisotopic (exact) mass is 536 g/mol. The lowest BCUT2D eigenvalue weighted by Gasteiger charge is -2.36. The van der Waals surface area contributed by atoms with E-state index in [9.17, 15) is 0 Å². The van der Waals surface area contributed by atoms with Crippen LogP contribution in [-0.2, 0) is 23.7 Å². The van der Waals surface area contributed by atoms with Crippen LogP contribution in [0.5, 0.6) is 0 Å². The normalized spacial score (nSPS) is 18.5. The fourth-order valence-electron chi connectivity index (χ4n) is 4.74. The lowest BCUT2D eigenvalue weighted by molar-refractivity contribution is -0.671. The Bertz CT molecular complexity index is 971. The van der Waals surface area contributed by atoms with E-state index in [-0.39, 0.29) is 17.8 Å². The Morgan fingerprint density at radius 1 is 1.26 bits per heavy atom. The average Bonchev–Trinajstić information content (AvgIpc) is 3.39. The molecular formula is C27H49ClN4OSi2. The fourth-order valence-corrected chi connectivity index (χ4v) is 6.22. The molecule has 1 aromatic carbocycles. The molecule has 198 valence electrons. The molecule has 1 aliphatic heterocycles. The van der Waals surface area contributed by atoms with E-state index < -0.39 is 8.07 Å². The van der Waals surface area contributed by atoms with Gasteiger partial charge in [-0.1, -0.05) is 47.3 Å². The van der Waals surface area contributed by atoms with Crippen molar-refractivity contribution in [3.05, 3.63) is 42.0 Å². The van der Waals surface area contributed by atoms with Gasteiger partial charge >= 0.3 is 0 Å². The molecule has 5 nitrogen and oxygen atoms in total. The summed E-state index contributed by atoms with van der Waals surface area (Å²) in [6.45, 7) is 20.7. The Labute approximate surface area is 224 Å². The zero-order valence-electron chi connectivity index (χ0n) is 23.6. The van der Waals surface area contributed by atoms with Crippen LogP contribution in [-0.4, -0.2) is 48.7 Å². The van der Waals surface area contributed by atoms with Crippen LogP contribution in [0, 0.1) is 0 Å². The molecular weight excluding hydrogens is 488 g/mol. The molecule has 1 aliphatic rings. The predicted molar refractivity (Wildman–Crippen MR) is 152 cm³/mol. The van der Waals surface area contributed by atoms with Crippen molar-refractivity contribution in [2.24, 2.45) is 7.05 Å². The molecule has 8 heteroatoms. The van der Waals surface area contributed by atoms with Gasteiger partial charge in [-0.05, 0) is 46.2 Å². The van der Waals surface area contributed by atoms with Crippen LogP contribution in [0.4, 0.5) is 11.4 Å². The average molecular weight is 537 g/mol. The van der Waals surface area contributed by atoms with Gasteiger partial charge in [0.25, 0.3) is 0 Å². The molecule has 0 radical (unpaired) electrons. The quantitative estimate of drug-likeness (QED) is 0.213. The number of halogens is 1. The van der Waals surface area contributed by atoms with Crippen molar-refractivity contribution in [2.45, 2.75) is 89.3 Å². The zero-order valence-corrected chi connectivity index (χ0v) is 27.3. The van der Waals surface area contributed by atoms with Gasteiger partial charge in [-0.25, -0.2) is 9.13 Å². The van der Waals surface area contributed by atoms with Crippen molar-refractivity contribution in [3.63, 3.8) is 0 Å². The first kappa shape index (κ1) is 29.9. The highest BCUT2D eigenvalue weighted by molar-refractivity contribution is 6.77. The van der Waals surface area contributed by atoms with Gasteiger partial charge < -0.3 is 27.8 Å². The van der Waals surface area contributed by atoms with E-state index in [0.717, 1.165) is 55.0 Å². The van der Waals surface area contributed by atoms with E-state index in [1.54, 1.807) is 0 Å². The van der Waals surface area contributed by atoms with Gasteiger partial charge in [0, 0.05) is 41.1 Å². The van der Waals surface area contributed by atoms with Crippen LogP contribution >= 0.6 is 0 Å². The fraction of sp³-hybridized carbons (Fsp3) is 0.667. The molecule has 1 fully saturated rings. The van der Waals surface area contributed by atoms with Crippen molar-refractivity contribution in [1.82, 2.24) is 4.57 Å². The van der Waals surface area contributed by atoms with Crippen LogP contribution in [0.3, 0.4) is 0 Å². The van der Waals surface area contributed by atoms with Gasteiger partial charge in [0.1, 0.15) is 12.4 Å². The van der Waals surface area contributed by atoms with Crippen molar-refractivity contribution in [3.8, 4) is 0 Å². The van der Waals surface area contributed by atoms with Crippen LogP contribution in [0.15, 0.2) is 30.9 Å². The molecule has 35 heavy (non-hydrogen) atoms. The minimum atomic E-state index is -1.38. The first-order chi connectivity index (χ1) is 15.8. The smallest absolute Gasteiger partial charge is 0.243 e. The maximum absolute atomic E-state index is 6.92. The standard InChI is InChI=1S/C27H49N4OSi2.ClH/c1-20(34(6,7)8)24-16-22(17-25(26(24)28)27(3,4)21(2)33)31-12-10-23(18-31)32-15-9-11-30-14-13-29(5)19-30;/h13-14,16-17,19-21,23H,9-12,15,18,28H2,1-8,33H3;1H/q+1;/p-1. The number of imidazole rings is 1. The molecule has 3 atom stereocenters. The summed E-state index contributed by atoms with van der Waals surface area (Å²) in [5, 5.41) is 0.